The Balaban J connectivity index is 0.00000220. The molecule has 5 nitrogen and oxygen atoms in total. The van der Waals surface area contributed by atoms with Crippen molar-refractivity contribution in [3.63, 3.8) is 0 Å². The number of hydrogen-bond donors (Lipinski definition) is 2. The third-order valence-electron chi connectivity index (χ3n) is 2.75. The second-order valence-electron chi connectivity index (χ2n) is 4.81. The molecule has 0 bridgehead atoms. The van der Waals surface area contributed by atoms with Crippen LogP contribution in [-0.4, -0.2) is 28.8 Å². The monoisotopic (exact) mass is 399 g/mol. The highest BCUT2D eigenvalue weighted by Crippen LogP contribution is 2.06. The molecule has 1 aromatic carbocycles. The van der Waals surface area contributed by atoms with E-state index in [1.54, 1.807) is 7.05 Å². The summed E-state index contributed by atoms with van der Waals surface area (Å²) < 4.78 is 1.87. The van der Waals surface area contributed by atoms with Gasteiger partial charge < -0.3 is 10.6 Å². The van der Waals surface area contributed by atoms with Crippen LogP contribution < -0.4 is 10.6 Å². The molecular weight excluding hydrogens is 377 g/mol. The number of hydrogen-bond acceptors (Lipinski definition) is 2. The molecule has 0 fully saturated rings. The lowest BCUT2D eigenvalue weighted by Gasteiger charge is -2.13. The van der Waals surface area contributed by atoms with Gasteiger partial charge in [-0.2, -0.15) is 5.10 Å². The normalized spacial score (nSPS) is 11.1. The molecule has 0 saturated heterocycles. The van der Waals surface area contributed by atoms with Crippen LogP contribution in [-0.2, 0) is 6.54 Å². The van der Waals surface area contributed by atoms with Gasteiger partial charge in [-0.3, -0.25) is 4.99 Å². The largest absolute Gasteiger partial charge is 0.354 e. The second-order valence-corrected chi connectivity index (χ2v) is 4.81. The summed E-state index contributed by atoms with van der Waals surface area (Å²) in [6, 6.07) is 12.4. The maximum Gasteiger partial charge on any atom is 0.191 e. The van der Waals surface area contributed by atoms with Crippen LogP contribution in [0.3, 0.4) is 0 Å². The third-order valence-corrected chi connectivity index (χ3v) is 2.75. The van der Waals surface area contributed by atoms with Gasteiger partial charge in [0, 0.05) is 19.3 Å². The Kier molecular flexibility index (Phi) is 7.21. The minimum atomic E-state index is 0. The Bertz CT molecular complexity index is 562. The number of nitrogens with one attached hydrogen (secondary N) is 2. The van der Waals surface area contributed by atoms with Gasteiger partial charge in [-0.05, 0) is 32.0 Å². The highest BCUT2D eigenvalue weighted by molar-refractivity contribution is 14.0. The summed E-state index contributed by atoms with van der Waals surface area (Å²) in [5, 5.41) is 11.0. The van der Waals surface area contributed by atoms with E-state index in [1.165, 1.54) is 0 Å². The Hall–Kier alpha value is -1.57. The highest BCUT2D eigenvalue weighted by atomic mass is 127. The molecule has 2 aromatic rings. The first kappa shape index (κ1) is 17.5. The van der Waals surface area contributed by atoms with Gasteiger partial charge in [0.2, 0.25) is 0 Å². The lowest BCUT2D eigenvalue weighted by molar-refractivity contribution is 0.693. The second kappa shape index (κ2) is 8.66. The Morgan fingerprint density at radius 3 is 2.57 bits per heavy atom. The Morgan fingerprint density at radius 2 is 1.95 bits per heavy atom. The van der Waals surface area contributed by atoms with Crippen molar-refractivity contribution in [1.82, 2.24) is 20.4 Å². The van der Waals surface area contributed by atoms with Crippen LogP contribution in [0.4, 0.5) is 0 Å². The van der Waals surface area contributed by atoms with Crippen LogP contribution in [0.2, 0.25) is 0 Å². The maximum absolute atomic E-state index is 4.54. The lowest BCUT2D eigenvalue weighted by Crippen LogP contribution is -2.40. The van der Waals surface area contributed by atoms with Crippen molar-refractivity contribution >= 4 is 29.9 Å². The van der Waals surface area contributed by atoms with E-state index in [2.05, 4.69) is 34.6 Å². The van der Waals surface area contributed by atoms with Gasteiger partial charge in [0.05, 0.1) is 17.9 Å². The van der Waals surface area contributed by atoms with E-state index in [-0.39, 0.29) is 24.0 Å². The first-order valence-electron chi connectivity index (χ1n) is 6.76. The molecule has 0 aliphatic rings. The first-order valence-corrected chi connectivity index (χ1v) is 6.76. The third kappa shape index (κ3) is 5.37. The molecule has 1 aromatic heterocycles. The van der Waals surface area contributed by atoms with Crippen molar-refractivity contribution in [2.75, 3.05) is 7.05 Å². The average Bonchev–Trinajstić information content (AvgIpc) is 2.93. The van der Waals surface area contributed by atoms with Gasteiger partial charge in [0.1, 0.15) is 0 Å². The molecule has 2 rings (SSSR count). The van der Waals surface area contributed by atoms with E-state index in [4.69, 9.17) is 0 Å². The smallest absolute Gasteiger partial charge is 0.191 e. The predicted octanol–water partition coefficient (Wildman–Crippen LogP) is 2.56. The average molecular weight is 399 g/mol. The first-order chi connectivity index (χ1) is 9.69. The van der Waals surface area contributed by atoms with E-state index < -0.39 is 0 Å². The zero-order valence-corrected chi connectivity index (χ0v) is 14.9. The zero-order chi connectivity index (χ0) is 14.4. The minimum Gasteiger partial charge on any atom is -0.354 e. The fourth-order valence-electron chi connectivity index (χ4n) is 1.82. The van der Waals surface area contributed by atoms with Crippen molar-refractivity contribution in [2.45, 2.75) is 26.4 Å². The molecule has 2 N–H and O–H groups in total. The van der Waals surface area contributed by atoms with Crippen molar-refractivity contribution in [3.8, 4) is 5.69 Å². The summed E-state index contributed by atoms with van der Waals surface area (Å²) >= 11 is 0. The van der Waals surface area contributed by atoms with Gasteiger partial charge in [-0.1, -0.05) is 18.2 Å². The fraction of sp³-hybridized carbons (Fsp3) is 0.333. The molecule has 0 radical (unpaired) electrons. The number of rotatable bonds is 4. The highest BCUT2D eigenvalue weighted by Gasteiger charge is 2.03. The summed E-state index contributed by atoms with van der Waals surface area (Å²) in [6.45, 7) is 4.81. The van der Waals surface area contributed by atoms with Crippen molar-refractivity contribution < 1.29 is 0 Å². The molecule has 0 spiro atoms. The topological polar surface area (TPSA) is 54.2 Å². The van der Waals surface area contributed by atoms with Crippen LogP contribution >= 0.6 is 24.0 Å². The summed E-state index contributed by atoms with van der Waals surface area (Å²) in [7, 11) is 1.76. The quantitative estimate of drug-likeness (QED) is 0.472. The van der Waals surface area contributed by atoms with Gasteiger partial charge >= 0.3 is 0 Å². The number of guanidine groups is 1. The molecule has 0 aliphatic heterocycles. The SMILES string of the molecule is CN=C(NCc1ccn(-c2ccccc2)n1)NC(C)C.I. The summed E-state index contributed by atoms with van der Waals surface area (Å²) in [4.78, 5) is 4.17. The number of aliphatic imine (C=N–C) groups is 1. The minimum absolute atomic E-state index is 0. The molecule has 21 heavy (non-hydrogen) atoms. The van der Waals surface area contributed by atoms with Gasteiger partial charge in [-0.25, -0.2) is 4.68 Å². The molecule has 0 saturated carbocycles. The standard InChI is InChI=1S/C15H21N5.HI/c1-12(2)18-15(16-3)17-11-13-9-10-20(19-13)14-7-5-4-6-8-14;/h4-10,12H,11H2,1-3H3,(H2,16,17,18);1H. The van der Waals surface area contributed by atoms with E-state index in [9.17, 15) is 0 Å². The molecular formula is C15H22IN5. The summed E-state index contributed by atoms with van der Waals surface area (Å²) in [6.07, 6.45) is 1.96. The fourth-order valence-corrected chi connectivity index (χ4v) is 1.82. The number of benzene rings is 1. The van der Waals surface area contributed by atoms with E-state index >= 15 is 0 Å². The van der Waals surface area contributed by atoms with Crippen LogP contribution in [0.1, 0.15) is 19.5 Å². The number of nitrogens with zero attached hydrogens (tertiary/aromatic N) is 3. The molecule has 1 heterocycles. The van der Waals surface area contributed by atoms with Gasteiger partial charge in [0.25, 0.3) is 0 Å². The van der Waals surface area contributed by atoms with E-state index in [0.717, 1.165) is 17.3 Å². The lowest BCUT2D eigenvalue weighted by atomic mass is 10.3. The molecule has 0 unspecified atom stereocenters. The number of aromatic nitrogens is 2. The van der Waals surface area contributed by atoms with Gasteiger partial charge in [-0.15, -0.1) is 24.0 Å². The Morgan fingerprint density at radius 1 is 1.24 bits per heavy atom. The number of halogens is 1. The predicted molar refractivity (Wildman–Crippen MR) is 97.4 cm³/mol. The molecule has 114 valence electrons. The molecule has 0 aliphatic carbocycles. The Labute approximate surface area is 142 Å². The van der Waals surface area contributed by atoms with Crippen LogP contribution in [0.25, 0.3) is 5.69 Å². The molecule has 0 amide bonds. The molecule has 6 heteroatoms. The van der Waals surface area contributed by atoms with Crippen molar-refractivity contribution in [3.05, 3.63) is 48.3 Å². The van der Waals surface area contributed by atoms with Gasteiger partial charge in [0.15, 0.2) is 5.96 Å². The van der Waals surface area contributed by atoms with E-state index in [0.29, 0.717) is 12.6 Å². The van der Waals surface area contributed by atoms with Crippen LogP contribution in [0, 0.1) is 0 Å². The zero-order valence-electron chi connectivity index (χ0n) is 12.6. The summed E-state index contributed by atoms with van der Waals surface area (Å²) in [5.41, 5.74) is 2.03. The van der Waals surface area contributed by atoms with Crippen LogP contribution in [0.5, 0.6) is 0 Å². The van der Waals surface area contributed by atoms with Crippen molar-refractivity contribution in [1.29, 1.82) is 0 Å². The van der Waals surface area contributed by atoms with E-state index in [1.807, 2.05) is 47.3 Å². The maximum atomic E-state index is 4.54. The van der Waals surface area contributed by atoms with Crippen LogP contribution in [0.15, 0.2) is 47.6 Å². The van der Waals surface area contributed by atoms with Crippen molar-refractivity contribution in [2.24, 2.45) is 4.99 Å². The molecule has 0 atom stereocenters. The number of para-hydroxylation sites is 1. The summed E-state index contributed by atoms with van der Waals surface area (Å²) in [5.74, 6) is 0.786.